The van der Waals surface area contributed by atoms with Crippen molar-refractivity contribution < 1.29 is 24.0 Å². The molecule has 0 aromatic carbocycles. The van der Waals surface area contributed by atoms with E-state index in [1.165, 1.54) is 11.0 Å². The van der Waals surface area contributed by atoms with Crippen LogP contribution in [0, 0.1) is 6.92 Å². The largest absolute Gasteiger partial charge is 0.481 e. The Hall–Kier alpha value is -1.89. The summed E-state index contributed by atoms with van der Waals surface area (Å²) in [5, 5.41) is 12.5. The third-order valence-electron chi connectivity index (χ3n) is 2.74. The molecule has 18 heavy (non-hydrogen) atoms. The highest BCUT2D eigenvalue weighted by Crippen LogP contribution is 2.15. The number of aromatic nitrogens is 1. The van der Waals surface area contributed by atoms with Gasteiger partial charge >= 0.3 is 5.97 Å². The van der Waals surface area contributed by atoms with E-state index in [-0.39, 0.29) is 24.7 Å². The first-order valence-corrected chi connectivity index (χ1v) is 5.61. The molecule has 2 heterocycles. The van der Waals surface area contributed by atoms with Crippen LogP contribution in [-0.4, -0.2) is 52.8 Å². The lowest BCUT2D eigenvalue weighted by molar-refractivity contribution is -0.139. The molecule has 98 valence electrons. The van der Waals surface area contributed by atoms with Crippen molar-refractivity contribution in [3.05, 3.63) is 17.5 Å². The number of carboxylic acids is 1. The molecule has 7 heteroatoms. The van der Waals surface area contributed by atoms with Crippen LogP contribution in [-0.2, 0) is 9.53 Å². The Bertz CT molecular complexity index is 456. The van der Waals surface area contributed by atoms with Gasteiger partial charge in [0.2, 0.25) is 5.76 Å². The first-order chi connectivity index (χ1) is 8.58. The average Bonchev–Trinajstić information content (AvgIpc) is 2.75. The van der Waals surface area contributed by atoms with E-state index in [9.17, 15) is 9.59 Å². The van der Waals surface area contributed by atoms with Gasteiger partial charge in [0.15, 0.2) is 0 Å². The predicted molar refractivity (Wildman–Crippen MR) is 59.1 cm³/mol. The number of hydrogen-bond acceptors (Lipinski definition) is 5. The van der Waals surface area contributed by atoms with Gasteiger partial charge < -0.3 is 19.3 Å². The van der Waals surface area contributed by atoms with Crippen LogP contribution in [0.3, 0.4) is 0 Å². The summed E-state index contributed by atoms with van der Waals surface area (Å²) in [6.07, 6.45) is -0.140. The van der Waals surface area contributed by atoms with Crippen molar-refractivity contribution in [2.75, 3.05) is 19.8 Å². The molecule has 0 saturated carbocycles. The van der Waals surface area contributed by atoms with Crippen molar-refractivity contribution in [3.63, 3.8) is 0 Å². The van der Waals surface area contributed by atoms with Gasteiger partial charge in [-0.2, -0.15) is 0 Å². The minimum Gasteiger partial charge on any atom is -0.481 e. The summed E-state index contributed by atoms with van der Waals surface area (Å²) >= 11 is 0. The highest BCUT2D eigenvalue weighted by molar-refractivity contribution is 5.92. The third-order valence-corrected chi connectivity index (χ3v) is 2.74. The van der Waals surface area contributed by atoms with Crippen LogP contribution in [0.25, 0.3) is 0 Å². The van der Waals surface area contributed by atoms with Crippen molar-refractivity contribution in [1.29, 1.82) is 0 Å². The lowest BCUT2D eigenvalue weighted by Crippen LogP contribution is -2.49. The average molecular weight is 254 g/mol. The van der Waals surface area contributed by atoms with Crippen molar-refractivity contribution in [3.8, 4) is 0 Å². The van der Waals surface area contributed by atoms with Gasteiger partial charge in [-0.3, -0.25) is 9.59 Å². The molecule has 0 radical (unpaired) electrons. The number of carboxylic acid groups (broad SMARTS) is 1. The van der Waals surface area contributed by atoms with Crippen molar-refractivity contribution >= 4 is 11.9 Å². The van der Waals surface area contributed by atoms with Crippen molar-refractivity contribution in [2.24, 2.45) is 0 Å². The summed E-state index contributed by atoms with van der Waals surface area (Å²) in [5.74, 6) is -1.17. The van der Waals surface area contributed by atoms with Crippen LogP contribution >= 0.6 is 0 Å². The highest BCUT2D eigenvalue weighted by atomic mass is 16.5. The molecule has 1 aromatic rings. The topological polar surface area (TPSA) is 92.9 Å². The lowest BCUT2D eigenvalue weighted by Gasteiger charge is -2.34. The molecule has 1 aliphatic heterocycles. The smallest absolute Gasteiger partial charge is 0.305 e. The molecule has 1 aromatic heterocycles. The molecule has 1 N–H and O–H groups in total. The summed E-state index contributed by atoms with van der Waals surface area (Å²) in [7, 11) is 0. The van der Waals surface area contributed by atoms with E-state index in [2.05, 4.69) is 5.16 Å². The Morgan fingerprint density at radius 3 is 3.00 bits per heavy atom. The number of aliphatic carboxylic acids is 1. The van der Waals surface area contributed by atoms with Gasteiger partial charge in [-0.1, -0.05) is 5.16 Å². The fourth-order valence-corrected chi connectivity index (χ4v) is 1.90. The number of nitrogens with zero attached hydrogens (tertiary/aromatic N) is 2. The van der Waals surface area contributed by atoms with E-state index in [1.54, 1.807) is 6.92 Å². The van der Waals surface area contributed by atoms with Crippen LogP contribution < -0.4 is 0 Å². The minimum absolute atomic E-state index is 0.129. The number of rotatable bonds is 3. The predicted octanol–water partition coefficient (Wildman–Crippen LogP) is 0.299. The monoisotopic (exact) mass is 254 g/mol. The Kier molecular flexibility index (Phi) is 3.61. The summed E-state index contributed by atoms with van der Waals surface area (Å²) in [6, 6.07) is 1.07. The Morgan fingerprint density at radius 2 is 2.39 bits per heavy atom. The van der Waals surface area contributed by atoms with E-state index >= 15 is 0 Å². The van der Waals surface area contributed by atoms with Gasteiger partial charge in [0.1, 0.15) is 0 Å². The standard InChI is InChI=1S/C11H14N2O5/c1-7-4-9(18-12-7)11(16)13-2-3-17-6-8(13)5-10(14)15/h4,8H,2-3,5-6H2,1H3,(H,14,15). The molecular formula is C11H14N2O5. The second kappa shape index (κ2) is 5.18. The first kappa shape index (κ1) is 12.6. The second-order valence-electron chi connectivity index (χ2n) is 4.16. The molecule has 0 aliphatic carbocycles. The van der Waals surface area contributed by atoms with Gasteiger partial charge in [-0.15, -0.1) is 0 Å². The zero-order chi connectivity index (χ0) is 13.1. The van der Waals surface area contributed by atoms with Gasteiger partial charge in [0.05, 0.1) is 31.4 Å². The molecule has 1 atom stereocenters. The molecule has 1 fully saturated rings. The first-order valence-electron chi connectivity index (χ1n) is 5.61. The number of carbonyl (C=O) groups excluding carboxylic acids is 1. The van der Waals surface area contributed by atoms with Crippen molar-refractivity contribution in [2.45, 2.75) is 19.4 Å². The third kappa shape index (κ3) is 2.67. The summed E-state index contributed by atoms with van der Waals surface area (Å²) in [5.41, 5.74) is 0.612. The van der Waals surface area contributed by atoms with E-state index in [0.717, 1.165) is 0 Å². The van der Waals surface area contributed by atoms with E-state index in [1.807, 2.05) is 0 Å². The Morgan fingerprint density at radius 1 is 1.61 bits per heavy atom. The van der Waals surface area contributed by atoms with Crippen LogP contribution in [0.15, 0.2) is 10.6 Å². The van der Waals surface area contributed by atoms with Crippen LogP contribution in [0.2, 0.25) is 0 Å². The molecule has 1 aliphatic rings. The van der Waals surface area contributed by atoms with E-state index in [4.69, 9.17) is 14.4 Å². The fourth-order valence-electron chi connectivity index (χ4n) is 1.90. The fraction of sp³-hybridized carbons (Fsp3) is 0.545. The van der Waals surface area contributed by atoms with Gasteiger partial charge in [-0.05, 0) is 6.92 Å². The van der Waals surface area contributed by atoms with E-state index in [0.29, 0.717) is 18.8 Å². The van der Waals surface area contributed by atoms with Gasteiger partial charge in [-0.25, -0.2) is 0 Å². The highest BCUT2D eigenvalue weighted by Gasteiger charge is 2.31. The zero-order valence-electron chi connectivity index (χ0n) is 9.96. The Labute approximate surface area is 103 Å². The maximum atomic E-state index is 12.1. The van der Waals surface area contributed by atoms with Crippen LogP contribution in [0.5, 0.6) is 0 Å². The van der Waals surface area contributed by atoms with Gasteiger partial charge in [0.25, 0.3) is 5.91 Å². The van der Waals surface area contributed by atoms with Gasteiger partial charge in [0, 0.05) is 12.6 Å². The van der Waals surface area contributed by atoms with Crippen LogP contribution in [0.4, 0.5) is 0 Å². The minimum atomic E-state index is -0.961. The number of aryl methyl sites for hydroxylation is 1. The summed E-state index contributed by atoms with van der Waals surface area (Å²) < 4.78 is 10.1. The molecule has 0 bridgehead atoms. The molecule has 1 saturated heterocycles. The molecule has 0 spiro atoms. The maximum absolute atomic E-state index is 12.1. The Balaban J connectivity index is 2.13. The number of amides is 1. The normalized spacial score (nSPS) is 19.8. The number of ether oxygens (including phenoxy) is 1. The molecule has 1 amide bonds. The number of morpholine rings is 1. The second-order valence-corrected chi connectivity index (χ2v) is 4.16. The maximum Gasteiger partial charge on any atom is 0.305 e. The van der Waals surface area contributed by atoms with Crippen LogP contribution in [0.1, 0.15) is 22.7 Å². The molecule has 2 rings (SSSR count). The van der Waals surface area contributed by atoms with E-state index < -0.39 is 12.0 Å². The lowest BCUT2D eigenvalue weighted by atomic mass is 10.1. The summed E-state index contributed by atoms with van der Waals surface area (Å²) in [6.45, 7) is 2.70. The number of hydrogen-bond donors (Lipinski definition) is 1. The SMILES string of the molecule is Cc1cc(C(=O)N2CCOCC2CC(=O)O)on1. The van der Waals surface area contributed by atoms with Crippen molar-refractivity contribution in [1.82, 2.24) is 10.1 Å². The summed E-state index contributed by atoms with van der Waals surface area (Å²) in [4.78, 5) is 24.4. The quantitative estimate of drug-likeness (QED) is 0.833. The zero-order valence-corrected chi connectivity index (χ0v) is 9.96. The molecule has 1 unspecified atom stereocenters. The molecular weight excluding hydrogens is 240 g/mol. The number of carbonyl (C=O) groups is 2. The molecule has 7 nitrogen and oxygen atoms in total.